The predicted octanol–water partition coefficient (Wildman–Crippen LogP) is -0.0221. The molecule has 8 nitrogen and oxygen atoms in total. The molecule has 0 spiro atoms. The molecule has 1 unspecified atom stereocenters. The molecule has 0 saturated carbocycles. The van der Waals surface area contributed by atoms with Crippen LogP contribution in [0.4, 0.5) is 11.6 Å². The summed E-state index contributed by atoms with van der Waals surface area (Å²) in [5, 5.41) is 25.4. The molecular weight excluding hydrogens is 190 g/mol. The van der Waals surface area contributed by atoms with Gasteiger partial charge in [-0.15, -0.1) is 0 Å². The maximum absolute atomic E-state index is 11.3. The number of nitro groups is 1. The third kappa shape index (κ3) is 1.45. The molecule has 0 aliphatic carbocycles. The van der Waals surface area contributed by atoms with Crippen molar-refractivity contribution in [1.29, 1.82) is 0 Å². The molecule has 0 bridgehead atoms. The van der Waals surface area contributed by atoms with Gasteiger partial charge >= 0.3 is 11.6 Å². The summed E-state index contributed by atoms with van der Waals surface area (Å²) >= 11 is 0. The second-order valence-corrected chi connectivity index (χ2v) is 2.92. The zero-order valence-corrected chi connectivity index (χ0v) is 7.88. The van der Waals surface area contributed by atoms with E-state index in [0.717, 1.165) is 4.80 Å². The highest BCUT2D eigenvalue weighted by atomic mass is 16.6. The lowest BCUT2D eigenvalue weighted by Crippen LogP contribution is -2.41. The Hall–Kier alpha value is -1.86. The largest absolute Gasteiger partial charge is 0.590 e. The summed E-state index contributed by atoms with van der Waals surface area (Å²) in [7, 11) is 0. The van der Waals surface area contributed by atoms with Crippen molar-refractivity contribution in [3.8, 4) is 0 Å². The van der Waals surface area contributed by atoms with E-state index >= 15 is 0 Å². The molecule has 8 heteroatoms. The molecule has 0 aliphatic rings. The first-order valence-corrected chi connectivity index (χ1v) is 4.11. The summed E-state index contributed by atoms with van der Waals surface area (Å²) < 4.78 is 0. The molecule has 1 atom stereocenters. The Morgan fingerprint density at radius 1 is 1.79 bits per heavy atom. The molecule has 0 radical (unpaired) electrons. The lowest BCUT2D eigenvalue weighted by atomic mass is 10.3. The molecule has 1 heterocycles. The maximum Gasteiger partial charge on any atom is 0.582 e. The van der Waals surface area contributed by atoms with Crippen LogP contribution in [0.5, 0.6) is 0 Å². The second-order valence-electron chi connectivity index (χ2n) is 2.92. The molecule has 1 rings (SSSR count). The fraction of sp³-hybridized carbons (Fsp3) is 0.667. The van der Waals surface area contributed by atoms with E-state index in [1.807, 2.05) is 6.92 Å². The molecule has 0 aromatic carbocycles. The van der Waals surface area contributed by atoms with Crippen LogP contribution in [-0.4, -0.2) is 14.8 Å². The van der Waals surface area contributed by atoms with Gasteiger partial charge < -0.3 is 10.9 Å². The van der Waals surface area contributed by atoms with E-state index in [1.54, 1.807) is 6.92 Å². The molecular formula is C6H11N5O3. The quantitative estimate of drug-likeness (QED) is 0.319. The number of hydrogen-bond donors (Lipinski definition) is 1. The van der Waals surface area contributed by atoms with Crippen molar-refractivity contribution in [1.82, 2.24) is 9.90 Å². The van der Waals surface area contributed by atoms with Crippen molar-refractivity contribution in [2.24, 2.45) is 0 Å². The Morgan fingerprint density at radius 2 is 2.36 bits per heavy atom. The summed E-state index contributed by atoms with van der Waals surface area (Å²) in [5.74, 6) is -1.07. The van der Waals surface area contributed by atoms with Gasteiger partial charge in [0.05, 0.1) is 0 Å². The molecule has 1 aromatic rings. The molecule has 0 fully saturated rings. The third-order valence-electron chi connectivity index (χ3n) is 1.96. The molecule has 78 valence electrons. The minimum absolute atomic E-state index is 0.115. The van der Waals surface area contributed by atoms with Crippen LogP contribution >= 0.6 is 0 Å². The highest BCUT2D eigenvalue weighted by Gasteiger charge is 2.33. The van der Waals surface area contributed by atoms with Gasteiger partial charge in [0, 0.05) is 4.85 Å². The van der Waals surface area contributed by atoms with Gasteiger partial charge in [-0.1, -0.05) is 12.0 Å². The zero-order valence-electron chi connectivity index (χ0n) is 7.88. The van der Waals surface area contributed by atoms with Crippen LogP contribution < -0.4 is 10.6 Å². The smallest absolute Gasteiger partial charge is 0.582 e. The second kappa shape index (κ2) is 3.48. The lowest BCUT2D eigenvalue weighted by molar-refractivity contribution is -0.738. The number of hydrogen-bond acceptors (Lipinski definition) is 5. The molecule has 0 amide bonds. The summed E-state index contributed by atoms with van der Waals surface area (Å²) in [5.41, 5.74) is 5.24. The van der Waals surface area contributed by atoms with E-state index in [2.05, 4.69) is 5.10 Å². The highest BCUT2D eigenvalue weighted by molar-refractivity contribution is 5.40. The van der Waals surface area contributed by atoms with E-state index in [-0.39, 0.29) is 16.7 Å². The van der Waals surface area contributed by atoms with E-state index < -0.39 is 10.7 Å². The highest BCUT2D eigenvalue weighted by Crippen LogP contribution is 2.15. The van der Waals surface area contributed by atoms with E-state index in [0.29, 0.717) is 6.42 Å². The average Bonchev–Trinajstić information content (AvgIpc) is 2.40. The topological polar surface area (TPSA) is 114 Å². The van der Waals surface area contributed by atoms with Crippen LogP contribution in [-0.2, 0) is 0 Å². The molecule has 0 aliphatic heterocycles. The van der Waals surface area contributed by atoms with Crippen molar-refractivity contribution in [2.45, 2.75) is 26.3 Å². The van der Waals surface area contributed by atoms with Crippen LogP contribution in [0.1, 0.15) is 26.3 Å². The van der Waals surface area contributed by atoms with Gasteiger partial charge in [-0.2, -0.15) is 0 Å². The van der Waals surface area contributed by atoms with Crippen LogP contribution in [0, 0.1) is 15.3 Å². The summed E-state index contributed by atoms with van der Waals surface area (Å²) in [6.07, 6.45) is 0.639. The van der Waals surface area contributed by atoms with Gasteiger partial charge in [0.25, 0.3) is 0 Å². The Kier molecular flexibility index (Phi) is 2.54. The zero-order chi connectivity index (χ0) is 10.9. The van der Waals surface area contributed by atoms with Gasteiger partial charge in [0.15, 0.2) is 0 Å². The Morgan fingerprint density at radius 3 is 2.71 bits per heavy atom. The molecule has 2 N–H and O–H groups in total. The fourth-order valence-corrected chi connectivity index (χ4v) is 0.995. The van der Waals surface area contributed by atoms with Crippen LogP contribution in [0.15, 0.2) is 0 Å². The normalized spacial score (nSPS) is 12.7. The summed E-state index contributed by atoms with van der Waals surface area (Å²) in [6, 6.07) is -0.219. The standard InChI is InChI=1S/C6H11N5O3/c1-3-4(2)9-8-5(7)6(10(9)12)11(13)14/h4H,3H2,1-2H3,(H2,7,8). The van der Waals surface area contributed by atoms with Crippen molar-refractivity contribution in [3.63, 3.8) is 0 Å². The Balaban J connectivity index is 3.23. The average molecular weight is 201 g/mol. The number of aromatic nitrogens is 3. The van der Waals surface area contributed by atoms with Crippen molar-refractivity contribution < 1.29 is 9.77 Å². The first-order valence-electron chi connectivity index (χ1n) is 4.11. The number of nitrogen functional groups attached to an aromatic ring is 1. The minimum atomic E-state index is -0.839. The van der Waals surface area contributed by atoms with Gasteiger partial charge in [-0.25, -0.2) is 0 Å². The van der Waals surface area contributed by atoms with E-state index in [1.165, 1.54) is 0 Å². The van der Waals surface area contributed by atoms with Gasteiger partial charge in [-0.05, 0) is 18.1 Å². The monoisotopic (exact) mass is 201 g/mol. The number of rotatable bonds is 3. The number of nitrogens with zero attached hydrogens (tertiary/aromatic N) is 4. The lowest BCUT2D eigenvalue weighted by Gasteiger charge is -2.04. The Bertz CT molecular complexity index is 361. The fourth-order valence-electron chi connectivity index (χ4n) is 0.995. The molecule has 0 saturated heterocycles. The number of nitrogens with two attached hydrogens (primary N) is 1. The van der Waals surface area contributed by atoms with Crippen molar-refractivity contribution >= 4 is 11.6 Å². The third-order valence-corrected chi connectivity index (χ3v) is 1.96. The first-order chi connectivity index (χ1) is 6.49. The maximum atomic E-state index is 11.3. The summed E-state index contributed by atoms with van der Waals surface area (Å²) in [6.45, 7) is 3.57. The minimum Gasteiger partial charge on any atom is -0.590 e. The summed E-state index contributed by atoms with van der Waals surface area (Å²) in [4.78, 5) is 10.7. The predicted molar refractivity (Wildman–Crippen MR) is 47.3 cm³/mol. The molecule has 14 heavy (non-hydrogen) atoms. The van der Waals surface area contributed by atoms with E-state index in [9.17, 15) is 15.3 Å². The molecule has 1 aromatic heterocycles. The Labute approximate surface area is 79.6 Å². The van der Waals surface area contributed by atoms with Crippen LogP contribution in [0.2, 0.25) is 0 Å². The first kappa shape index (κ1) is 10.2. The van der Waals surface area contributed by atoms with Crippen LogP contribution in [0.3, 0.4) is 0 Å². The van der Waals surface area contributed by atoms with Crippen molar-refractivity contribution in [3.05, 3.63) is 15.3 Å². The van der Waals surface area contributed by atoms with Crippen LogP contribution in [0.25, 0.3) is 0 Å². The van der Waals surface area contributed by atoms with Gasteiger partial charge in [-0.3, -0.25) is 10.1 Å². The van der Waals surface area contributed by atoms with E-state index in [4.69, 9.17) is 5.73 Å². The van der Waals surface area contributed by atoms with Gasteiger partial charge in [0.2, 0.25) is 0 Å². The van der Waals surface area contributed by atoms with Gasteiger partial charge in [0.1, 0.15) is 11.0 Å². The number of anilines is 1. The van der Waals surface area contributed by atoms with Crippen molar-refractivity contribution in [2.75, 3.05) is 5.73 Å². The SMILES string of the molecule is CCC(C)n1nc(N)c([N+](=O)[O-])[n+]1[O-].